The van der Waals surface area contributed by atoms with Crippen molar-refractivity contribution >= 4 is 11.5 Å². The molecule has 0 fully saturated rings. The predicted octanol–water partition coefficient (Wildman–Crippen LogP) is 2.02. The number of aliphatic imine (C=N–C) groups is 1. The molecule has 1 rings (SSSR count). The van der Waals surface area contributed by atoms with Gasteiger partial charge in [0.05, 0.1) is 5.69 Å². The van der Waals surface area contributed by atoms with Crippen molar-refractivity contribution in [2.75, 3.05) is 21.1 Å². The molecule has 1 aromatic rings. The highest BCUT2D eigenvalue weighted by molar-refractivity contribution is 5.82. The summed E-state index contributed by atoms with van der Waals surface area (Å²) in [4.78, 5) is 6.52. The van der Waals surface area contributed by atoms with Gasteiger partial charge < -0.3 is 10.2 Å². The molecule has 0 atom stereocenters. The molecule has 0 aliphatic heterocycles. The normalized spacial score (nSPS) is 11.6. The van der Waals surface area contributed by atoms with Gasteiger partial charge in [0.15, 0.2) is 0 Å². The first kappa shape index (κ1) is 11.7. The lowest BCUT2D eigenvalue weighted by atomic mass is 10.2. The van der Waals surface area contributed by atoms with Gasteiger partial charge in [0.1, 0.15) is 5.84 Å². The van der Waals surface area contributed by atoms with Gasteiger partial charge in [-0.15, -0.1) is 0 Å². The van der Waals surface area contributed by atoms with Crippen LogP contribution in [0.4, 0.5) is 5.69 Å². The molecule has 1 N–H and O–H groups in total. The van der Waals surface area contributed by atoms with Crippen LogP contribution in [0.25, 0.3) is 0 Å². The lowest BCUT2D eigenvalue weighted by molar-refractivity contribution is 0.619. The fraction of sp³-hybridized carbons (Fsp3) is 0.417. The third kappa shape index (κ3) is 3.72. The fourth-order valence-electron chi connectivity index (χ4n) is 1.23. The molecule has 3 nitrogen and oxygen atoms in total. The van der Waals surface area contributed by atoms with Crippen LogP contribution in [0.1, 0.15) is 12.5 Å². The number of nitrogens with zero attached hydrogens (tertiary/aromatic N) is 2. The van der Waals surface area contributed by atoms with Gasteiger partial charge in [0.25, 0.3) is 0 Å². The van der Waals surface area contributed by atoms with E-state index < -0.39 is 0 Å². The van der Waals surface area contributed by atoms with E-state index in [2.05, 4.69) is 22.4 Å². The van der Waals surface area contributed by atoms with Crippen LogP contribution in [-0.2, 0) is 6.54 Å². The van der Waals surface area contributed by atoms with E-state index in [-0.39, 0.29) is 0 Å². The van der Waals surface area contributed by atoms with Gasteiger partial charge >= 0.3 is 0 Å². The number of nitrogens with one attached hydrogen (secondary N) is 1. The summed E-state index contributed by atoms with van der Waals surface area (Å²) in [5, 5.41) is 3.13. The SMILES string of the molecule is CNCc1cccc(/N=C(\C)N(C)C)c1. The van der Waals surface area contributed by atoms with Gasteiger partial charge in [0, 0.05) is 20.6 Å². The van der Waals surface area contributed by atoms with E-state index in [1.54, 1.807) is 0 Å². The monoisotopic (exact) mass is 205 g/mol. The summed E-state index contributed by atoms with van der Waals surface area (Å²) < 4.78 is 0. The maximum atomic E-state index is 4.52. The zero-order valence-electron chi connectivity index (χ0n) is 9.91. The summed E-state index contributed by atoms with van der Waals surface area (Å²) in [6.07, 6.45) is 0. The quantitative estimate of drug-likeness (QED) is 0.604. The molecule has 0 saturated carbocycles. The van der Waals surface area contributed by atoms with Crippen LogP contribution in [-0.4, -0.2) is 31.9 Å². The molecule has 0 heterocycles. The van der Waals surface area contributed by atoms with Gasteiger partial charge in [-0.3, -0.25) is 0 Å². The summed E-state index contributed by atoms with van der Waals surface area (Å²) in [5.74, 6) is 1.01. The van der Waals surface area contributed by atoms with Gasteiger partial charge in [-0.1, -0.05) is 12.1 Å². The number of amidine groups is 1. The van der Waals surface area contributed by atoms with E-state index in [1.807, 2.05) is 45.1 Å². The molecule has 0 spiro atoms. The Bertz CT molecular complexity index is 342. The average Bonchev–Trinajstić information content (AvgIpc) is 2.18. The topological polar surface area (TPSA) is 27.6 Å². The van der Waals surface area contributed by atoms with Gasteiger partial charge in [0.2, 0.25) is 0 Å². The van der Waals surface area contributed by atoms with Crippen LogP contribution in [0.5, 0.6) is 0 Å². The highest BCUT2D eigenvalue weighted by Crippen LogP contribution is 2.14. The molecule has 82 valence electrons. The zero-order valence-corrected chi connectivity index (χ0v) is 9.91. The van der Waals surface area contributed by atoms with Crippen molar-refractivity contribution < 1.29 is 0 Å². The van der Waals surface area contributed by atoms with Crippen molar-refractivity contribution in [2.24, 2.45) is 4.99 Å². The first-order valence-electron chi connectivity index (χ1n) is 5.09. The molecular weight excluding hydrogens is 186 g/mol. The molecule has 0 aliphatic carbocycles. The lowest BCUT2D eigenvalue weighted by Crippen LogP contribution is -2.17. The van der Waals surface area contributed by atoms with Gasteiger partial charge in [-0.05, 0) is 31.7 Å². The van der Waals surface area contributed by atoms with E-state index >= 15 is 0 Å². The van der Waals surface area contributed by atoms with Crippen LogP contribution in [0, 0.1) is 0 Å². The summed E-state index contributed by atoms with van der Waals surface area (Å²) in [6, 6.07) is 8.25. The predicted molar refractivity (Wildman–Crippen MR) is 65.7 cm³/mol. The van der Waals surface area contributed by atoms with Crippen LogP contribution >= 0.6 is 0 Å². The second kappa shape index (κ2) is 5.51. The number of hydrogen-bond donors (Lipinski definition) is 1. The Morgan fingerprint density at radius 1 is 1.40 bits per heavy atom. The molecule has 0 radical (unpaired) electrons. The molecule has 15 heavy (non-hydrogen) atoms. The first-order chi connectivity index (χ1) is 7.13. The largest absolute Gasteiger partial charge is 0.366 e. The van der Waals surface area contributed by atoms with Crippen molar-refractivity contribution in [3.8, 4) is 0 Å². The minimum atomic E-state index is 0.879. The van der Waals surface area contributed by atoms with E-state index in [9.17, 15) is 0 Å². The summed E-state index contributed by atoms with van der Waals surface area (Å²) in [7, 11) is 5.94. The molecule has 0 saturated heterocycles. The second-order valence-corrected chi connectivity index (χ2v) is 3.75. The molecule has 0 aliphatic rings. The molecular formula is C12H19N3. The van der Waals surface area contributed by atoms with Crippen LogP contribution in [0.2, 0.25) is 0 Å². The minimum Gasteiger partial charge on any atom is -0.366 e. The number of benzene rings is 1. The Balaban J connectivity index is 2.86. The van der Waals surface area contributed by atoms with Crippen molar-refractivity contribution in [1.82, 2.24) is 10.2 Å². The fourth-order valence-corrected chi connectivity index (χ4v) is 1.23. The highest BCUT2D eigenvalue weighted by Gasteiger charge is 1.96. The van der Waals surface area contributed by atoms with Crippen molar-refractivity contribution in [3.63, 3.8) is 0 Å². The summed E-state index contributed by atoms with van der Waals surface area (Å²) >= 11 is 0. The maximum Gasteiger partial charge on any atom is 0.101 e. The Morgan fingerprint density at radius 2 is 2.13 bits per heavy atom. The highest BCUT2D eigenvalue weighted by atomic mass is 15.1. The maximum absolute atomic E-state index is 4.52. The Kier molecular flexibility index (Phi) is 4.31. The summed E-state index contributed by atoms with van der Waals surface area (Å²) in [6.45, 7) is 2.88. The molecule has 0 amide bonds. The average molecular weight is 205 g/mol. The molecule has 1 aromatic carbocycles. The standard InChI is InChI=1S/C12H19N3/c1-10(15(3)4)14-12-7-5-6-11(8-12)9-13-2/h5-8,13H,9H2,1-4H3/b14-10+. The van der Waals surface area contributed by atoms with Gasteiger partial charge in [-0.2, -0.15) is 0 Å². The minimum absolute atomic E-state index is 0.879. The summed E-state index contributed by atoms with van der Waals surface area (Å²) in [5.41, 5.74) is 2.26. The third-order valence-electron chi connectivity index (χ3n) is 2.23. The Hall–Kier alpha value is -1.35. The molecule has 0 aromatic heterocycles. The van der Waals surface area contributed by atoms with Crippen molar-refractivity contribution in [3.05, 3.63) is 29.8 Å². The van der Waals surface area contributed by atoms with Crippen molar-refractivity contribution in [2.45, 2.75) is 13.5 Å². The number of rotatable bonds is 3. The molecule has 0 bridgehead atoms. The van der Waals surface area contributed by atoms with E-state index in [0.717, 1.165) is 18.1 Å². The third-order valence-corrected chi connectivity index (χ3v) is 2.23. The number of hydrogen-bond acceptors (Lipinski definition) is 2. The Morgan fingerprint density at radius 3 is 2.73 bits per heavy atom. The van der Waals surface area contributed by atoms with E-state index in [0.29, 0.717) is 0 Å². The van der Waals surface area contributed by atoms with E-state index in [1.165, 1.54) is 5.56 Å². The smallest absolute Gasteiger partial charge is 0.101 e. The Labute approximate surface area is 91.8 Å². The zero-order chi connectivity index (χ0) is 11.3. The molecule has 0 unspecified atom stereocenters. The van der Waals surface area contributed by atoms with Crippen LogP contribution in [0.3, 0.4) is 0 Å². The van der Waals surface area contributed by atoms with Crippen LogP contribution < -0.4 is 5.32 Å². The van der Waals surface area contributed by atoms with E-state index in [4.69, 9.17) is 0 Å². The molecule has 3 heteroatoms. The van der Waals surface area contributed by atoms with Crippen molar-refractivity contribution in [1.29, 1.82) is 0 Å². The van der Waals surface area contributed by atoms with Crippen LogP contribution in [0.15, 0.2) is 29.3 Å². The van der Waals surface area contributed by atoms with Gasteiger partial charge in [-0.25, -0.2) is 4.99 Å². The second-order valence-electron chi connectivity index (χ2n) is 3.75. The first-order valence-corrected chi connectivity index (χ1v) is 5.09. The lowest BCUT2D eigenvalue weighted by Gasteiger charge is -2.11.